The average molecular weight is 423 g/mol. The van der Waals surface area contributed by atoms with Gasteiger partial charge in [0.25, 0.3) is 0 Å². The second kappa shape index (κ2) is 8.90. The van der Waals surface area contributed by atoms with E-state index in [-0.39, 0.29) is 17.9 Å². The summed E-state index contributed by atoms with van der Waals surface area (Å²) in [5, 5.41) is 21.0. The van der Waals surface area contributed by atoms with Crippen molar-refractivity contribution in [3.05, 3.63) is 39.9 Å². The van der Waals surface area contributed by atoms with Crippen LogP contribution in [-0.2, 0) is 6.42 Å². The van der Waals surface area contributed by atoms with E-state index >= 15 is 0 Å². The third kappa shape index (κ3) is 4.02. The third-order valence-corrected chi connectivity index (χ3v) is 6.55. The molecule has 26 heavy (non-hydrogen) atoms. The minimum absolute atomic E-state index is 0.0201. The van der Waals surface area contributed by atoms with Crippen LogP contribution in [0.1, 0.15) is 69.4 Å². The lowest BCUT2D eigenvalue weighted by atomic mass is 9.86. The van der Waals surface area contributed by atoms with E-state index in [0.29, 0.717) is 6.42 Å². The van der Waals surface area contributed by atoms with Crippen LogP contribution in [-0.4, -0.2) is 28.5 Å². The highest BCUT2D eigenvalue weighted by Gasteiger charge is 2.49. The predicted molar refractivity (Wildman–Crippen MR) is 109 cm³/mol. The molecule has 0 aromatic heterocycles. The lowest BCUT2D eigenvalue weighted by Crippen LogP contribution is -2.18. The molecule has 5 atom stereocenters. The summed E-state index contributed by atoms with van der Waals surface area (Å²) >= 11 is 3.57. The number of aryl methyl sites for hydroxylation is 1. The Bertz CT molecular complexity index is 642. The third-order valence-electron chi connectivity index (χ3n) is 5.76. The van der Waals surface area contributed by atoms with E-state index in [1.807, 2.05) is 6.08 Å². The maximum atomic E-state index is 10.6. The van der Waals surface area contributed by atoms with Gasteiger partial charge < -0.3 is 14.9 Å². The monoisotopic (exact) mass is 422 g/mol. The van der Waals surface area contributed by atoms with Gasteiger partial charge in [-0.05, 0) is 18.4 Å². The van der Waals surface area contributed by atoms with Crippen molar-refractivity contribution in [3.8, 4) is 5.75 Å². The van der Waals surface area contributed by atoms with Crippen molar-refractivity contribution in [2.45, 2.75) is 83.0 Å². The maximum absolute atomic E-state index is 10.6. The zero-order valence-corrected chi connectivity index (χ0v) is 17.4. The molecule has 3 nitrogen and oxygen atoms in total. The fraction of sp³-hybridized carbons (Fsp3) is 0.636. The van der Waals surface area contributed by atoms with E-state index in [1.54, 1.807) is 0 Å². The first-order chi connectivity index (χ1) is 12.6. The Morgan fingerprint density at radius 2 is 2.12 bits per heavy atom. The van der Waals surface area contributed by atoms with E-state index in [2.05, 4.69) is 48.0 Å². The van der Waals surface area contributed by atoms with Crippen LogP contribution in [0.5, 0.6) is 5.75 Å². The van der Waals surface area contributed by atoms with Gasteiger partial charge in [0, 0.05) is 28.3 Å². The van der Waals surface area contributed by atoms with Gasteiger partial charge in [-0.15, -0.1) is 0 Å². The van der Waals surface area contributed by atoms with E-state index < -0.39 is 12.2 Å². The summed E-state index contributed by atoms with van der Waals surface area (Å²) in [5.41, 5.74) is 2.50. The second-order valence-electron chi connectivity index (χ2n) is 7.71. The molecule has 1 aromatic carbocycles. The molecule has 0 amide bonds. The Morgan fingerprint density at radius 3 is 2.85 bits per heavy atom. The number of aliphatic hydroxyl groups is 2. The van der Waals surface area contributed by atoms with E-state index in [0.717, 1.165) is 48.8 Å². The first-order valence-corrected chi connectivity index (χ1v) is 10.9. The van der Waals surface area contributed by atoms with Crippen molar-refractivity contribution in [1.29, 1.82) is 0 Å². The molecule has 0 unspecified atom stereocenters. The number of aliphatic hydroxyl groups excluding tert-OH is 2. The Labute approximate surface area is 165 Å². The van der Waals surface area contributed by atoms with Crippen molar-refractivity contribution in [1.82, 2.24) is 0 Å². The molecule has 0 radical (unpaired) electrons. The molecule has 1 aliphatic heterocycles. The van der Waals surface area contributed by atoms with Crippen LogP contribution < -0.4 is 4.74 Å². The molecule has 0 bridgehead atoms. The predicted octanol–water partition coefficient (Wildman–Crippen LogP) is 5.08. The van der Waals surface area contributed by atoms with Gasteiger partial charge in [0.15, 0.2) is 0 Å². The topological polar surface area (TPSA) is 49.7 Å². The number of halogens is 1. The Kier molecular flexibility index (Phi) is 6.81. The SMILES string of the molecule is CCCCC[C@H](O)/C(Br)=C/[C@@H]1[C@H]2c3cccc(CCC)c3O[C@H]2C[C@H]1O. The number of para-hydroxylation sites is 1. The van der Waals surface area contributed by atoms with Crippen molar-refractivity contribution in [2.75, 3.05) is 0 Å². The molecular weight excluding hydrogens is 392 g/mol. The molecule has 2 N–H and O–H groups in total. The summed E-state index contributed by atoms with van der Waals surface area (Å²) in [4.78, 5) is 0. The number of unbranched alkanes of at least 4 members (excludes halogenated alkanes) is 2. The summed E-state index contributed by atoms with van der Waals surface area (Å²) in [5.74, 6) is 1.19. The summed E-state index contributed by atoms with van der Waals surface area (Å²) < 4.78 is 7.07. The highest BCUT2D eigenvalue weighted by Crippen LogP contribution is 2.52. The van der Waals surface area contributed by atoms with Crippen molar-refractivity contribution < 1.29 is 14.9 Å². The summed E-state index contributed by atoms with van der Waals surface area (Å²) in [6.45, 7) is 4.35. The molecule has 1 aromatic rings. The number of benzene rings is 1. The van der Waals surface area contributed by atoms with Crippen molar-refractivity contribution in [2.24, 2.45) is 5.92 Å². The molecule has 4 heteroatoms. The van der Waals surface area contributed by atoms with Gasteiger partial charge in [-0.25, -0.2) is 0 Å². The number of hydrogen-bond acceptors (Lipinski definition) is 3. The molecule has 144 valence electrons. The Balaban J connectivity index is 1.80. The van der Waals surface area contributed by atoms with E-state index in [9.17, 15) is 10.2 Å². The normalized spacial score (nSPS) is 28.6. The number of fused-ring (bicyclic) bond motifs is 3. The lowest BCUT2D eigenvalue weighted by molar-refractivity contribution is 0.135. The van der Waals surface area contributed by atoms with E-state index in [4.69, 9.17) is 4.74 Å². The largest absolute Gasteiger partial charge is 0.489 e. The standard InChI is InChI=1S/C22H31BrO3/c1-3-5-6-11-18(24)17(23)12-16-19(25)13-20-21(16)15-10-7-9-14(8-4-2)22(15)26-20/h7,9-10,12,16,18-21,24-25H,3-6,8,11,13H2,1-2H3/b17-12-/t16-,18-,19+,20-,21+/m0/s1. The number of rotatable bonds is 8. The van der Waals surface area contributed by atoms with Crippen molar-refractivity contribution >= 4 is 15.9 Å². The van der Waals surface area contributed by atoms with Gasteiger partial charge in [0.2, 0.25) is 0 Å². The second-order valence-corrected chi connectivity index (χ2v) is 8.63. The summed E-state index contributed by atoms with van der Waals surface area (Å²) in [6, 6.07) is 6.40. The fourth-order valence-corrected chi connectivity index (χ4v) is 4.96. The number of hydrogen-bond donors (Lipinski definition) is 2. The van der Waals surface area contributed by atoms with E-state index in [1.165, 1.54) is 11.1 Å². The smallest absolute Gasteiger partial charge is 0.126 e. The molecule has 1 aliphatic carbocycles. The van der Waals surface area contributed by atoms with Gasteiger partial charge in [-0.3, -0.25) is 0 Å². The fourth-order valence-electron chi connectivity index (χ4n) is 4.42. The van der Waals surface area contributed by atoms with Crippen LogP contribution >= 0.6 is 15.9 Å². The molecule has 1 saturated carbocycles. The van der Waals surface area contributed by atoms with Gasteiger partial charge in [-0.2, -0.15) is 0 Å². The van der Waals surface area contributed by atoms with Crippen LogP contribution in [0.2, 0.25) is 0 Å². The van der Waals surface area contributed by atoms with Gasteiger partial charge in [-0.1, -0.05) is 79.7 Å². The zero-order valence-electron chi connectivity index (χ0n) is 15.8. The summed E-state index contributed by atoms with van der Waals surface area (Å²) in [6.07, 6.45) is 7.99. The molecule has 1 fully saturated rings. The van der Waals surface area contributed by atoms with Gasteiger partial charge in [0.1, 0.15) is 11.9 Å². The van der Waals surface area contributed by atoms with Crippen LogP contribution in [0.25, 0.3) is 0 Å². The van der Waals surface area contributed by atoms with Crippen LogP contribution in [0.3, 0.4) is 0 Å². The molecule has 0 saturated heterocycles. The molecule has 1 heterocycles. The van der Waals surface area contributed by atoms with Gasteiger partial charge >= 0.3 is 0 Å². The highest BCUT2D eigenvalue weighted by atomic mass is 79.9. The quantitative estimate of drug-likeness (QED) is 0.573. The average Bonchev–Trinajstić information content (AvgIpc) is 3.12. The Hall–Kier alpha value is -0.840. The van der Waals surface area contributed by atoms with Crippen LogP contribution in [0.15, 0.2) is 28.8 Å². The first kappa shape index (κ1) is 19.9. The first-order valence-electron chi connectivity index (χ1n) is 10.1. The van der Waals surface area contributed by atoms with Crippen LogP contribution in [0, 0.1) is 5.92 Å². The Morgan fingerprint density at radius 1 is 1.31 bits per heavy atom. The van der Waals surface area contributed by atoms with Crippen molar-refractivity contribution in [3.63, 3.8) is 0 Å². The zero-order chi connectivity index (χ0) is 18.7. The van der Waals surface area contributed by atoms with Crippen LogP contribution in [0.4, 0.5) is 0 Å². The molecule has 2 aliphatic rings. The molecular formula is C22H31BrO3. The minimum Gasteiger partial charge on any atom is -0.489 e. The maximum Gasteiger partial charge on any atom is 0.126 e. The highest BCUT2D eigenvalue weighted by molar-refractivity contribution is 9.11. The summed E-state index contributed by atoms with van der Waals surface area (Å²) in [7, 11) is 0. The minimum atomic E-state index is -0.485. The molecule has 0 spiro atoms. The number of ether oxygens (including phenoxy) is 1. The van der Waals surface area contributed by atoms with Gasteiger partial charge in [0.05, 0.1) is 12.2 Å². The lowest BCUT2D eigenvalue weighted by Gasteiger charge is -2.19. The molecule has 3 rings (SSSR count).